The van der Waals surface area contributed by atoms with Crippen LogP contribution in [0.4, 0.5) is 0 Å². The summed E-state index contributed by atoms with van der Waals surface area (Å²) in [7, 11) is 0. The van der Waals surface area contributed by atoms with Gasteiger partial charge in [-0.3, -0.25) is 38.6 Å². The standard InChI is InChI=1S/C18H36N10O6/c19-13(29)7-25-1-5-28(11-17(23)33,12-18(24)34)6-4-26(8-14(20)30)2-3-27(9-15(21)31)10-16(22)32/h25H,1-12H2,(H11-,19,20,21,22,23,24,29,30,31,32,33,34)/p+1. The van der Waals surface area contributed by atoms with Crippen LogP contribution in [-0.4, -0.2) is 128 Å². The first kappa shape index (κ1) is 30.7. The van der Waals surface area contributed by atoms with Crippen LogP contribution in [0.15, 0.2) is 0 Å². The van der Waals surface area contributed by atoms with Crippen molar-refractivity contribution in [3.63, 3.8) is 0 Å². The summed E-state index contributed by atoms with van der Waals surface area (Å²) >= 11 is 0. The first-order valence-electron chi connectivity index (χ1n) is 10.4. The fourth-order valence-electron chi connectivity index (χ4n) is 3.45. The second-order valence-electron chi connectivity index (χ2n) is 8.07. The molecule has 34 heavy (non-hydrogen) atoms. The summed E-state index contributed by atoms with van der Waals surface area (Å²) in [5.74, 6) is -3.89. The Morgan fingerprint density at radius 2 is 1.00 bits per heavy atom. The van der Waals surface area contributed by atoms with Crippen LogP contribution in [0.5, 0.6) is 0 Å². The largest absolute Gasteiger partial charge is 0.369 e. The van der Waals surface area contributed by atoms with E-state index in [9.17, 15) is 28.8 Å². The number of carbonyl (C=O) groups is 6. The van der Waals surface area contributed by atoms with Gasteiger partial charge >= 0.3 is 0 Å². The third-order valence-corrected chi connectivity index (χ3v) is 4.81. The Hall–Kier alpha value is -3.34. The summed E-state index contributed by atoms with van der Waals surface area (Å²) in [4.78, 5) is 71.6. The first-order valence-corrected chi connectivity index (χ1v) is 10.4. The van der Waals surface area contributed by atoms with Crippen molar-refractivity contribution < 1.29 is 33.3 Å². The molecule has 0 saturated heterocycles. The van der Waals surface area contributed by atoms with Gasteiger partial charge in [0.2, 0.25) is 23.6 Å². The molecule has 0 saturated carbocycles. The molecule has 0 unspecified atom stereocenters. The van der Waals surface area contributed by atoms with Crippen molar-refractivity contribution in [2.45, 2.75) is 0 Å². The zero-order valence-electron chi connectivity index (χ0n) is 19.2. The molecule has 0 aliphatic rings. The van der Waals surface area contributed by atoms with Crippen molar-refractivity contribution >= 4 is 35.4 Å². The average Bonchev–Trinajstić information content (AvgIpc) is 2.64. The Morgan fingerprint density at radius 1 is 0.559 bits per heavy atom. The molecule has 16 heteroatoms. The van der Waals surface area contributed by atoms with E-state index < -0.39 is 35.4 Å². The van der Waals surface area contributed by atoms with E-state index in [1.165, 1.54) is 4.90 Å². The highest BCUT2D eigenvalue weighted by Crippen LogP contribution is 2.07. The number of nitrogens with zero attached hydrogens (tertiary/aromatic N) is 3. The Morgan fingerprint density at radius 3 is 1.41 bits per heavy atom. The van der Waals surface area contributed by atoms with Crippen molar-refractivity contribution in [2.75, 3.05) is 78.5 Å². The zero-order chi connectivity index (χ0) is 26.3. The van der Waals surface area contributed by atoms with Crippen LogP contribution in [0, 0.1) is 0 Å². The van der Waals surface area contributed by atoms with Crippen molar-refractivity contribution in [1.82, 2.24) is 15.1 Å². The molecule has 6 amide bonds. The fourth-order valence-corrected chi connectivity index (χ4v) is 3.45. The molecule has 0 heterocycles. The summed E-state index contributed by atoms with van der Waals surface area (Å²) in [6.45, 7) is -0.0224. The molecule has 0 atom stereocenters. The van der Waals surface area contributed by atoms with Gasteiger partial charge < -0.3 is 44.2 Å². The van der Waals surface area contributed by atoms with Crippen molar-refractivity contribution in [3.05, 3.63) is 0 Å². The van der Waals surface area contributed by atoms with Crippen molar-refractivity contribution in [3.8, 4) is 0 Å². The van der Waals surface area contributed by atoms with Gasteiger partial charge in [-0.1, -0.05) is 0 Å². The lowest BCUT2D eigenvalue weighted by molar-refractivity contribution is -0.911. The molecular formula is C18H37N10O6+. The van der Waals surface area contributed by atoms with Crippen LogP contribution >= 0.6 is 0 Å². The van der Waals surface area contributed by atoms with Crippen LogP contribution in [0.25, 0.3) is 0 Å². The van der Waals surface area contributed by atoms with E-state index in [1.54, 1.807) is 4.90 Å². The van der Waals surface area contributed by atoms with Gasteiger partial charge in [0.05, 0.1) is 39.3 Å². The maximum Gasteiger partial charge on any atom is 0.272 e. The number of nitrogens with one attached hydrogen (secondary N) is 1. The Bertz CT molecular complexity index is 715. The normalized spacial score (nSPS) is 11.5. The number of carbonyl (C=O) groups excluding carboxylic acids is 6. The number of nitrogens with two attached hydrogens (primary N) is 6. The van der Waals surface area contributed by atoms with Crippen LogP contribution < -0.4 is 39.7 Å². The smallest absolute Gasteiger partial charge is 0.272 e. The van der Waals surface area contributed by atoms with E-state index in [2.05, 4.69) is 5.32 Å². The lowest BCUT2D eigenvalue weighted by Crippen LogP contribution is -2.61. The zero-order valence-corrected chi connectivity index (χ0v) is 19.2. The van der Waals surface area contributed by atoms with Gasteiger partial charge in [-0.05, 0) is 0 Å². The minimum atomic E-state index is -0.674. The molecule has 0 fully saturated rings. The van der Waals surface area contributed by atoms with Crippen LogP contribution in [0.3, 0.4) is 0 Å². The van der Waals surface area contributed by atoms with E-state index in [-0.39, 0.29) is 83.0 Å². The Balaban J connectivity index is 5.48. The van der Waals surface area contributed by atoms with Gasteiger partial charge in [0.15, 0.2) is 13.1 Å². The lowest BCUT2D eigenvalue weighted by Gasteiger charge is -2.38. The Kier molecular flexibility index (Phi) is 14.0. The number of hydrogen-bond donors (Lipinski definition) is 7. The molecule has 0 radical (unpaired) electrons. The van der Waals surface area contributed by atoms with Crippen LogP contribution in [-0.2, 0) is 28.8 Å². The molecule has 0 rings (SSSR count). The molecule has 0 bridgehead atoms. The lowest BCUT2D eigenvalue weighted by atomic mass is 10.2. The number of amides is 6. The van der Waals surface area contributed by atoms with E-state index in [0.29, 0.717) is 0 Å². The monoisotopic (exact) mass is 489 g/mol. The molecule has 0 spiro atoms. The number of rotatable bonds is 21. The van der Waals surface area contributed by atoms with E-state index >= 15 is 0 Å². The van der Waals surface area contributed by atoms with Crippen molar-refractivity contribution in [2.24, 2.45) is 34.4 Å². The molecule has 0 aromatic rings. The third kappa shape index (κ3) is 15.5. The minimum Gasteiger partial charge on any atom is -0.369 e. The predicted octanol–water partition coefficient (Wildman–Crippen LogP) is -7.09. The molecule has 16 nitrogen and oxygen atoms in total. The predicted molar refractivity (Wildman–Crippen MR) is 121 cm³/mol. The van der Waals surface area contributed by atoms with E-state index in [4.69, 9.17) is 34.4 Å². The highest BCUT2D eigenvalue weighted by molar-refractivity contribution is 5.79. The summed E-state index contributed by atoms with van der Waals surface area (Å²) in [6, 6.07) is 0. The van der Waals surface area contributed by atoms with Gasteiger partial charge in [0, 0.05) is 26.2 Å². The number of quaternary nitrogens is 1. The summed E-state index contributed by atoms with van der Waals surface area (Å²) < 4.78 is -0.141. The molecule has 0 aromatic heterocycles. The number of hydrogen-bond acceptors (Lipinski definition) is 9. The molecule has 194 valence electrons. The fraction of sp³-hybridized carbons (Fsp3) is 0.667. The summed E-state index contributed by atoms with van der Waals surface area (Å²) in [5, 5.41) is 2.81. The van der Waals surface area contributed by atoms with Crippen molar-refractivity contribution in [1.29, 1.82) is 0 Å². The van der Waals surface area contributed by atoms with Gasteiger partial charge in [-0.25, -0.2) is 0 Å². The molecule has 0 aliphatic heterocycles. The van der Waals surface area contributed by atoms with Gasteiger partial charge in [0.25, 0.3) is 11.8 Å². The van der Waals surface area contributed by atoms with Gasteiger partial charge in [-0.2, -0.15) is 0 Å². The molecule has 13 N–H and O–H groups in total. The van der Waals surface area contributed by atoms with Crippen LogP contribution in [0.2, 0.25) is 0 Å². The second kappa shape index (κ2) is 15.5. The molecular weight excluding hydrogens is 452 g/mol. The third-order valence-electron chi connectivity index (χ3n) is 4.81. The summed E-state index contributed by atoms with van der Waals surface area (Å²) in [6.07, 6.45) is 0. The van der Waals surface area contributed by atoms with Gasteiger partial charge in [0.1, 0.15) is 0 Å². The van der Waals surface area contributed by atoms with Crippen LogP contribution in [0.1, 0.15) is 0 Å². The molecule has 0 aromatic carbocycles. The SMILES string of the molecule is NC(=O)CNCC[N+](CCN(CCN(CC(N)=O)CC(N)=O)CC(N)=O)(CC(N)=O)CC(N)=O. The maximum absolute atomic E-state index is 11.8. The van der Waals surface area contributed by atoms with E-state index in [0.717, 1.165) is 0 Å². The first-order chi connectivity index (χ1) is 15.7. The highest BCUT2D eigenvalue weighted by Gasteiger charge is 2.32. The van der Waals surface area contributed by atoms with E-state index in [1.807, 2.05) is 0 Å². The summed E-state index contributed by atoms with van der Waals surface area (Å²) in [5.41, 5.74) is 31.6. The topological polar surface area (TPSA) is 277 Å². The van der Waals surface area contributed by atoms with Gasteiger partial charge in [-0.15, -0.1) is 0 Å². The molecule has 0 aliphatic carbocycles. The maximum atomic E-state index is 11.8. The number of primary amides is 6. The second-order valence-corrected chi connectivity index (χ2v) is 8.07. The minimum absolute atomic E-state index is 0.101. The highest BCUT2D eigenvalue weighted by atomic mass is 16.2. The Labute approximate surface area is 197 Å². The average molecular weight is 490 g/mol. The quantitative estimate of drug-likeness (QED) is 0.0594.